The third-order valence-electron chi connectivity index (χ3n) is 11.9. The molecule has 0 aromatic heterocycles. The largest absolute Gasteiger partial charge is 0.462 e. The summed E-state index contributed by atoms with van der Waals surface area (Å²) in [6.07, 6.45) is 57.4. The first-order valence-electron chi connectivity index (χ1n) is 26.8. The molecule has 0 saturated heterocycles. The predicted molar refractivity (Wildman–Crippen MR) is 261 cm³/mol. The molecule has 6 nitrogen and oxygen atoms in total. The number of ether oxygens (including phenoxy) is 3. The zero-order valence-corrected chi connectivity index (χ0v) is 40.9. The van der Waals surface area contributed by atoms with Crippen LogP contribution in [0.5, 0.6) is 0 Å². The molecule has 61 heavy (non-hydrogen) atoms. The minimum absolute atomic E-state index is 0.0734. The first-order valence-corrected chi connectivity index (χ1v) is 26.8. The lowest BCUT2D eigenvalue weighted by molar-refractivity contribution is -0.167. The maximum atomic E-state index is 12.8. The monoisotopic (exact) mass is 859 g/mol. The standard InChI is InChI=1S/C55H102O6/c1-4-7-10-13-16-19-22-24-26-28-30-31-33-36-39-42-45-48-54(57)60-51-52(50-59-53(56)47-44-41-38-35-21-18-15-12-9-6-3)61-55(58)49-46-43-40-37-34-32-29-27-25-23-20-17-14-11-8-5-2/h15,18,24,26,52H,4-14,16-17,19-23,25,27-51H2,1-3H3/b18-15-,26-24-. The third-order valence-corrected chi connectivity index (χ3v) is 11.9. The number of carbonyl (C=O) groups is 3. The molecule has 0 amide bonds. The quantitative estimate of drug-likeness (QED) is 0.0262. The SMILES string of the molecule is CCCC/C=C\CCCCCCC(=O)OCC(COC(=O)CCCCCCCCC/C=C\CCCCCCCC)OC(=O)CCCCCCCCCCCCCCCCCC. The Bertz CT molecular complexity index is 989. The van der Waals surface area contributed by atoms with Crippen molar-refractivity contribution in [1.82, 2.24) is 0 Å². The van der Waals surface area contributed by atoms with Gasteiger partial charge in [-0.25, -0.2) is 0 Å². The summed E-state index contributed by atoms with van der Waals surface area (Å²) in [5, 5.41) is 0. The first-order chi connectivity index (χ1) is 30.0. The van der Waals surface area contributed by atoms with E-state index in [1.807, 2.05) is 0 Å². The lowest BCUT2D eigenvalue weighted by atomic mass is 10.0. The molecule has 0 aliphatic heterocycles. The van der Waals surface area contributed by atoms with Crippen molar-refractivity contribution in [1.29, 1.82) is 0 Å². The number of hydrogen-bond acceptors (Lipinski definition) is 6. The molecule has 0 fully saturated rings. The summed E-state index contributed by atoms with van der Waals surface area (Å²) >= 11 is 0. The van der Waals surface area contributed by atoms with E-state index in [2.05, 4.69) is 45.1 Å². The number of carbonyl (C=O) groups excluding carboxylic acids is 3. The van der Waals surface area contributed by atoms with Gasteiger partial charge in [-0.1, -0.05) is 231 Å². The third kappa shape index (κ3) is 48.8. The van der Waals surface area contributed by atoms with E-state index < -0.39 is 6.10 Å². The summed E-state index contributed by atoms with van der Waals surface area (Å²) in [6, 6.07) is 0. The molecular weight excluding hydrogens is 757 g/mol. The number of allylic oxidation sites excluding steroid dienone is 4. The van der Waals surface area contributed by atoms with E-state index in [-0.39, 0.29) is 31.1 Å². The van der Waals surface area contributed by atoms with Crippen LogP contribution in [0.4, 0.5) is 0 Å². The zero-order chi connectivity index (χ0) is 44.4. The van der Waals surface area contributed by atoms with Crippen LogP contribution in [0.15, 0.2) is 24.3 Å². The van der Waals surface area contributed by atoms with E-state index in [1.165, 1.54) is 173 Å². The fraction of sp³-hybridized carbons (Fsp3) is 0.873. The van der Waals surface area contributed by atoms with Crippen LogP contribution in [0.25, 0.3) is 0 Å². The minimum atomic E-state index is -0.772. The van der Waals surface area contributed by atoms with E-state index >= 15 is 0 Å². The average Bonchev–Trinajstić information content (AvgIpc) is 3.26. The van der Waals surface area contributed by atoms with Crippen molar-refractivity contribution in [2.75, 3.05) is 13.2 Å². The van der Waals surface area contributed by atoms with Crippen molar-refractivity contribution in [3.63, 3.8) is 0 Å². The molecule has 0 saturated carbocycles. The summed E-state index contributed by atoms with van der Waals surface area (Å²) in [7, 11) is 0. The first kappa shape index (κ1) is 58.9. The zero-order valence-electron chi connectivity index (χ0n) is 40.9. The van der Waals surface area contributed by atoms with Crippen LogP contribution in [-0.4, -0.2) is 37.2 Å². The molecule has 358 valence electrons. The molecule has 0 aliphatic rings. The fourth-order valence-corrected chi connectivity index (χ4v) is 7.83. The second-order valence-electron chi connectivity index (χ2n) is 18.1. The van der Waals surface area contributed by atoms with Crippen LogP contribution < -0.4 is 0 Å². The number of esters is 3. The van der Waals surface area contributed by atoms with Crippen molar-refractivity contribution in [2.45, 2.75) is 297 Å². The van der Waals surface area contributed by atoms with Gasteiger partial charge in [-0.05, 0) is 64.2 Å². The lowest BCUT2D eigenvalue weighted by Gasteiger charge is -2.18. The smallest absolute Gasteiger partial charge is 0.306 e. The van der Waals surface area contributed by atoms with Crippen LogP contribution in [0, 0.1) is 0 Å². The molecule has 0 aliphatic carbocycles. The lowest BCUT2D eigenvalue weighted by Crippen LogP contribution is -2.30. The highest BCUT2D eigenvalue weighted by atomic mass is 16.6. The molecule has 0 rings (SSSR count). The van der Waals surface area contributed by atoms with Crippen LogP contribution in [0.1, 0.15) is 290 Å². The van der Waals surface area contributed by atoms with Crippen molar-refractivity contribution in [3.05, 3.63) is 24.3 Å². The van der Waals surface area contributed by atoms with Crippen molar-refractivity contribution < 1.29 is 28.6 Å². The molecule has 0 bridgehead atoms. The van der Waals surface area contributed by atoms with E-state index in [4.69, 9.17) is 14.2 Å². The van der Waals surface area contributed by atoms with Gasteiger partial charge in [-0.3, -0.25) is 14.4 Å². The summed E-state index contributed by atoms with van der Waals surface area (Å²) < 4.78 is 16.8. The Labute approximate surface area is 379 Å². The number of hydrogen-bond donors (Lipinski definition) is 0. The van der Waals surface area contributed by atoms with Crippen molar-refractivity contribution >= 4 is 17.9 Å². The van der Waals surface area contributed by atoms with Crippen molar-refractivity contribution in [3.8, 4) is 0 Å². The normalized spacial score (nSPS) is 12.1. The molecule has 0 heterocycles. The Morgan fingerprint density at radius 2 is 0.557 bits per heavy atom. The molecule has 0 aromatic rings. The van der Waals surface area contributed by atoms with Crippen molar-refractivity contribution in [2.24, 2.45) is 0 Å². The Hall–Kier alpha value is -2.11. The molecule has 0 radical (unpaired) electrons. The van der Waals surface area contributed by atoms with Gasteiger partial charge in [-0.15, -0.1) is 0 Å². The van der Waals surface area contributed by atoms with Gasteiger partial charge in [0, 0.05) is 19.3 Å². The van der Waals surface area contributed by atoms with E-state index in [9.17, 15) is 14.4 Å². The highest BCUT2D eigenvalue weighted by molar-refractivity contribution is 5.71. The predicted octanol–water partition coefficient (Wildman–Crippen LogP) is 17.5. The van der Waals surface area contributed by atoms with Crippen LogP contribution in [-0.2, 0) is 28.6 Å². The molecule has 1 unspecified atom stereocenters. The minimum Gasteiger partial charge on any atom is -0.462 e. The number of unbranched alkanes of at least 4 members (excludes halogenated alkanes) is 34. The highest BCUT2D eigenvalue weighted by Crippen LogP contribution is 2.16. The van der Waals surface area contributed by atoms with Crippen LogP contribution in [0.3, 0.4) is 0 Å². The average molecular weight is 859 g/mol. The molecular formula is C55H102O6. The van der Waals surface area contributed by atoms with E-state index in [1.54, 1.807) is 0 Å². The van der Waals surface area contributed by atoms with Gasteiger partial charge in [0.25, 0.3) is 0 Å². The van der Waals surface area contributed by atoms with Crippen LogP contribution >= 0.6 is 0 Å². The second-order valence-corrected chi connectivity index (χ2v) is 18.1. The highest BCUT2D eigenvalue weighted by Gasteiger charge is 2.19. The summed E-state index contributed by atoms with van der Waals surface area (Å²) in [4.78, 5) is 37.9. The van der Waals surface area contributed by atoms with E-state index in [0.717, 1.165) is 77.0 Å². The maximum Gasteiger partial charge on any atom is 0.306 e. The molecule has 1 atom stereocenters. The fourth-order valence-electron chi connectivity index (χ4n) is 7.83. The Kier molecular flexibility index (Phi) is 48.8. The summed E-state index contributed by atoms with van der Waals surface area (Å²) in [5.41, 5.74) is 0. The van der Waals surface area contributed by atoms with Gasteiger partial charge in [-0.2, -0.15) is 0 Å². The van der Waals surface area contributed by atoms with Gasteiger partial charge < -0.3 is 14.2 Å². The van der Waals surface area contributed by atoms with Gasteiger partial charge in [0.1, 0.15) is 13.2 Å². The summed E-state index contributed by atoms with van der Waals surface area (Å²) in [6.45, 7) is 6.61. The molecule has 0 aromatic carbocycles. The maximum absolute atomic E-state index is 12.8. The number of rotatable bonds is 49. The van der Waals surface area contributed by atoms with Crippen LogP contribution in [0.2, 0.25) is 0 Å². The van der Waals surface area contributed by atoms with Gasteiger partial charge in [0.2, 0.25) is 0 Å². The second kappa shape index (κ2) is 50.5. The summed E-state index contributed by atoms with van der Waals surface area (Å²) in [5.74, 6) is -0.877. The molecule has 0 spiro atoms. The topological polar surface area (TPSA) is 78.9 Å². The Morgan fingerprint density at radius 1 is 0.311 bits per heavy atom. The Balaban J connectivity index is 4.30. The van der Waals surface area contributed by atoms with Gasteiger partial charge in [0.05, 0.1) is 0 Å². The van der Waals surface area contributed by atoms with Gasteiger partial charge in [0.15, 0.2) is 6.10 Å². The molecule has 6 heteroatoms. The molecule has 0 N–H and O–H groups in total. The Morgan fingerprint density at radius 3 is 0.869 bits per heavy atom. The van der Waals surface area contributed by atoms with Gasteiger partial charge >= 0.3 is 17.9 Å². The van der Waals surface area contributed by atoms with E-state index in [0.29, 0.717) is 19.3 Å².